The van der Waals surface area contributed by atoms with Crippen molar-refractivity contribution in [3.05, 3.63) is 218 Å². The smallest absolute Gasteiger partial charge is 0.172 e. The molecule has 0 aromatic heterocycles. The Morgan fingerprint density at radius 2 is 0.696 bits per heavy atom. The van der Waals surface area contributed by atoms with E-state index >= 15 is 4.57 Å². The molecule has 0 aliphatic heterocycles. The molecular formula is C53H39O2P. The van der Waals surface area contributed by atoms with Crippen molar-refractivity contribution in [3.8, 4) is 61.4 Å². The Morgan fingerprint density at radius 1 is 0.339 bits per heavy atom. The molecule has 0 aliphatic rings. The lowest BCUT2D eigenvalue weighted by molar-refractivity contribution is 0.417. The van der Waals surface area contributed by atoms with Crippen molar-refractivity contribution in [3.63, 3.8) is 0 Å². The lowest BCUT2D eigenvalue weighted by atomic mass is 9.78. The first-order chi connectivity index (χ1) is 27.7. The fourth-order valence-electron chi connectivity index (χ4n) is 8.22. The highest BCUT2D eigenvalue weighted by Crippen LogP contribution is 2.58. The van der Waals surface area contributed by atoms with Gasteiger partial charge in [-0.25, -0.2) is 0 Å². The number of benzene rings is 9. The van der Waals surface area contributed by atoms with Crippen molar-refractivity contribution < 1.29 is 9.30 Å². The van der Waals surface area contributed by atoms with Gasteiger partial charge in [0.05, 0.1) is 7.11 Å². The van der Waals surface area contributed by atoms with Gasteiger partial charge in [-0.15, -0.1) is 0 Å². The van der Waals surface area contributed by atoms with E-state index in [-0.39, 0.29) is 0 Å². The van der Waals surface area contributed by atoms with Gasteiger partial charge in [-0.1, -0.05) is 212 Å². The summed E-state index contributed by atoms with van der Waals surface area (Å²) >= 11 is 0. The van der Waals surface area contributed by atoms with Crippen LogP contribution >= 0.6 is 7.14 Å². The van der Waals surface area contributed by atoms with Crippen LogP contribution in [0.5, 0.6) is 5.75 Å². The normalized spacial score (nSPS) is 11.4. The highest BCUT2D eigenvalue weighted by Gasteiger charge is 2.40. The van der Waals surface area contributed by atoms with Crippen LogP contribution in [0.4, 0.5) is 0 Å². The van der Waals surface area contributed by atoms with Crippen LogP contribution in [-0.4, -0.2) is 7.11 Å². The second-order valence-corrected chi connectivity index (χ2v) is 16.5. The summed E-state index contributed by atoms with van der Waals surface area (Å²) in [4.78, 5) is 0. The average molecular weight is 739 g/mol. The summed E-state index contributed by atoms with van der Waals surface area (Å²) in [6.07, 6.45) is 0. The Bertz CT molecular complexity index is 2780. The second kappa shape index (κ2) is 15.2. The van der Waals surface area contributed by atoms with Gasteiger partial charge >= 0.3 is 0 Å². The Morgan fingerprint density at radius 3 is 1.14 bits per heavy atom. The molecule has 0 unspecified atom stereocenters. The van der Waals surface area contributed by atoms with Crippen LogP contribution in [0.15, 0.2) is 218 Å². The van der Waals surface area contributed by atoms with Crippen molar-refractivity contribution in [2.45, 2.75) is 0 Å². The van der Waals surface area contributed by atoms with Gasteiger partial charge in [-0.3, -0.25) is 0 Å². The van der Waals surface area contributed by atoms with E-state index in [0.29, 0.717) is 5.75 Å². The van der Waals surface area contributed by atoms with E-state index in [4.69, 9.17) is 4.74 Å². The Hall–Kier alpha value is -6.73. The van der Waals surface area contributed by atoms with E-state index in [9.17, 15) is 0 Å². The predicted octanol–water partition coefficient (Wildman–Crippen LogP) is 12.8. The summed E-state index contributed by atoms with van der Waals surface area (Å²) in [7, 11) is -2.02. The monoisotopic (exact) mass is 738 g/mol. The van der Waals surface area contributed by atoms with Gasteiger partial charge in [0.2, 0.25) is 0 Å². The molecule has 0 radical (unpaired) electrons. The standard InChI is InChI=1S/C53H39O2P/c1-55-46-37-36-38-22-20-21-35-45(38)51(46)52-49(41-27-12-4-13-28-41)47(39-23-8-2-9-24-39)48(40-25-10-3-11-26-40)50(42-29-14-5-15-30-42)53(52)56(54,43-31-16-6-17-32-43)44-33-18-7-19-34-44/h2-37H,1H3. The zero-order valence-corrected chi connectivity index (χ0v) is 31.9. The molecule has 3 heteroatoms. The zero-order valence-electron chi connectivity index (χ0n) is 31.0. The first kappa shape index (κ1) is 35.0. The first-order valence-corrected chi connectivity index (χ1v) is 20.6. The molecule has 0 heterocycles. The molecule has 268 valence electrons. The molecule has 0 aliphatic carbocycles. The highest BCUT2D eigenvalue weighted by atomic mass is 31.2. The molecule has 0 N–H and O–H groups in total. The molecule has 0 bridgehead atoms. The molecule has 0 amide bonds. The van der Waals surface area contributed by atoms with Crippen LogP contribution in [0.1, 0.15) is 0 Å². The van der Waals surface area contributed by atoms with Crippen molar-refractivity contribution in [1.29, 1.82) is 0 Å². The van der Waals surface area contributed by atoms with Gasteiger partial charge in [-0.05, 0) is 55.8 Å². The lowest BCUT2D eigenvalue weighted by Gasteiger charge is -2.33. The maximum Gasteiger partial charge on any atom is 0.172 e. The van der Waals surface area contributed by atoms with Crippen molar-refractivity contribution in [1.82, 2.24) is 0 Å². The number of hydrogen-bond acceptors (Lipinski definition) is 2. The SMILES string of the molecule is COc1ccc2ccccc2c1-c1c(-c2ccccc2)c(-c2ccccc2)c(-c2ccccc2)c(-c2ccccc2)c1P(=O)(c1ccccc1)c1ccccc1. The summed E-state index contributed by atoms with van der Waals surface area (Å²) in [6, 6.07) is 75.1. The summed E-state index contributed by atoms with van der Waals surface area (Å²) in [6.45, 7) is 0. The summed E-state index contributed by atoms with van der Waals surface area (Å²) in [5.74, 6) is 0.709. The molecule has 56 heavy (non-hydrogen) atoms. The number of fused-ring (bicyclic) bond motifs is 1. The number of hydrogen-bond donors (Lipinski definition) is 0. The molecular weight excluding hydrogens is 700 g/mol. The first-order valence-electron chi connectivity index (χ1n) is 18.9. The van der Waals surface area contributed by atoms with Gasteiger partial charge < -0.3 is 9.30 Å². The van der Waals surface area contributed by atoms with Gasteiger partial charge in [0, 0.05) is 32.6 Å². The molecule has 9 rings (SSSR count). The molecule has 0 spiro atoms. The third-order valence-corrected chi connectivity index (χ3v) is 13.8. The lowest BCUT2D eigenvalue weighted by Crippen LogP contribution is -2.29. The van der Waals surface area contributed by atoms with E-state index in [1.807, 2.05) is 66.7 Å². The minimum absolute atomic E-state index is 0.709. The minimum atomic E-state index is -3.75. The third-order valence-electron chi connectivity index (χ3n) is 10.6. The van der Waals surface area contributed by atoms with Crippen LogP contribution in [0.3, 0.4) is 0 Å². The molecule has 9 aromatic rings. The van der Waals surface area contributed by atoms with E-state index in [1.54, 1.807) is 7.11 Å². The van der Waals surface area contributed by atoms with E-state index < -0.39 is 7.14 Å². The largest absolute Gasteiger partial charge is 0.496 e. The molecule has 0 saturated carbocycles. The molecule has 0 fully saturated rings. The quantitative estimate of drug-likeness (QED) is 0.138. The highest BCUT2D eigenvalue weighted by molar-refractivity contribution is 7.85. The molecule has 2 nitrogen and oxygen atoms in total. The predicted molar refractivity (Wildman–Crippen MR) is 237 cm³/mol. The van der Waals surface area contributed by atoms with Crippen LogP contribution in [-0.2, 0) is 4.57 Å². The Balaban J connectivity index is 1.68. The third kappa shape index (κ3) is 6.06. The van der Waals surface area contributed by atoms with Crippen molar-refractivity contribution in [2.24, 2.45) is 0 Å². The van der Waals surface area contributed by atoms with E-state index in [0.717, 1.165) is 82.3 Å². The number of methoxy groups -OCH3 is 1. The summed E-state index contributed by atoms with van der Waals surface area (Å²) < 4.78 is 23.9. The molecule has 0 atom stereocenters. The van der Waals surface area contributed by atoms with Crippen LogP contribution < -0.4 is 20.7 Å². The van der Waals surface area contributed by atoms with Crippen molar-refractivity contribution in [2.75, 3.05) is 7.11 Å². The maximum atomic E-state index is 17.5. The van der Waals surface area contributed by atoms with E-state index in [1.165, 1.54) is 0 Å². The average Bonchev–Trinajstić information content (AvgIpc) is 3.29. The van der Waals surface area contributed by atoms with E-state index in [2.05, 4.69) is 152 Å². The van der Waals surface area contributed by atoms with Gasteiger partial charge in [-0.2, -0.15) is 0 Å². The van der Waals surface area contributed by atoms with Gasteiger partial charge in [0.1, 0.15) is 5.75 Å². The number of ether oxygens (including phenoxy) is 1. The van der Waals surface area contributed by atoms with Crippen LogP contribution in [0.2, 0.25) is 0 Å². The fourth-order valence-corrected chi connectivity index (χ4v) is 11.3. The summed E-state index contributed by atoms with van der Waals surface area (Å²) in [5, 5.41) is 4.37. The molecule has 9 aromatic carbocycles. The Labute approximate surface area is 328 Å². The van der Waals surface area contributed by atoms with Gasteiger partial charge in [0.15, 0.2) is 7.14 Å². The number of rotatable bonds is 9. The zero-order chi connectivity index (χ0) is 37.9. The van der Waals surface area contributed by atoms with Gasteiger partial charge in [0.25, 0.3) is 0 Å². The maximum absolute atomic E-state index is 17.5. The second-order valence-electron chi connectivity index (χ2n) is 13.8. The van der Waals surface area contributed by atoms with Crippen LogP contribution in [0.25, 0.3) is 66.4 Å². The summed E-state index contributed by atoms with van der Waals surface area (Å²) in [5.41, 5.74) is 9.88. The Kier molecular flexibility index (Phi) is 9.49. The van der Waals surface area contributed by atoms with Crippen LogP contribution in [0, 0.1) is 0 Å². The van der Waals surface area contributed by atoms with Crippen molar-refractivity contribution >= 4 is 33.8 Å². The minimum Gasteiger partial charge on any atom is -0.496 e. The molecule has 0 saturated heterocycles. The topological polar surface area (TPSA) is 26.3 Å². The fraction of sp³-hybridized carbons (Fsp3) is 0.0189.